The van der Waals surface area contributed by atoms with Crippen LogP contribution in [-0.2, 0) is 10.0 Å². The predicted octanol–water partition coefficient (Wildman–Crippen LogP) is 2.68. The molecule has 0 amide bonds. The minimum absolute atomic E-state index is 0.325. The van der Waals surface area contributed by atoms with Gasteiger partial charge in [-0.25, -0.2) is 12.4 Å². The van der Waals surface area contributed by atoms with Crippen LogP contribution in [0.4, 0.5) is 0 Å². The van der Waals surface area contributed by atoms with Gasteiger partial charge in [0.05, 0.1) is 4.90 Å². The Morgan fingerprint density at radius 2 is 1.94 bits per heavy atom. The van der Waals surface area contributed by atoms with E-state index in [0.29, 0.717) is 4.90 Å². The first-order valence-electron chi connectivity index (χ1n) is 5.17. The highest BCUT2D eigenvalue weighted by Gasteiger charge is 2.17. The van der Waals surface area contributed by atoms with Crippen molar-refractivity contribution in [1.82, 2.24) is 3.97 Å². The maximum atomic E-state index is 12.3. The molecule has 0 fully saturated rings. The molecule has 1 aromatic carbocycles. The Kier molecular flexibility index (Phi) is 2.90. The highest BCUT2D eigenvalue weighted by atomic mass is 32.2. The van der Waals surface area contributed by atoms with Crippen molar-refractivity contribution >= 4 is 16.1 Å². The molecule has 0 aliphatic heterocycles. The minimum Gasteiger partial charge on any atom is -0.248 e. The van der Waals surface area contributed by atoms with Crippen molar-refractivity contribution in [3.63, 3.8) is 0 Å². The first-order valence-corrected chi connectivity index (χ1v) is 6.61. The van der Waals surface area contributed by atoms with Gasteiger partial charge in [0.1, 0.15) is 0 Å². The molecule has 4 heteroatoms. The van der Waals surface area contributed by atoms with Gasteiger partial charge in [0, 0.05) is 12.4 Å². The van der Waals surface area contributed by atoms with Crippen molar-refractivity contribution in [1.29, 1.82) is 0 Å². The van der Waals surface area contributed by atoms with Gasteiger partial charge in [-0.3, -0.25) is 0 Å². The molecule has 0 unspecified atom stereocenters. The number of hydrogen-bond donors (Lipinski definition) is 0. The number of rotatable bonds is 3. The van der Waals surface area contributed by atoms with E-state index < -0.39 is 10.0 Å². The zero-order valence-electron chi connectivity index (χ0n) is 9.50. The fourth-order valence-corrected chi connectivity index (χ4v) is 3.06. The molecule has 3 nitrogen and oxygen atoms in total. The Hall–Kier alpha value is -1.81. The standard InChI is InChI=1S/C13H13NO2S/c1-3-12-8-9-14(10-12)17(15,16)13-7-5-4-6-11(13)2/h3-10H,1H2,2H3. The summed E-state index contributed by atoms with van der Waals surface area (Å²) in [6.45, 7) is 5.39. The Balaban J connectivity index is 2.58. The molecular weight excluding hydrogens is 234 g/mol. The molecule has 2 aromatic rings. The summed E-state index contributed by atoms with van der Waals surface area (Å²) in [6.07, 6.45) is 4.69. The van der Waals surface area contributed by atoms with Gasteiger partial charge >= 0.3 is 0 Å². The average molecular weight is 247 g/mol. The highest BCUT2D eigenvalue weighted by molar-refractivity contribution is 7.90. The van der Waals surface area contributed by atoms with E-state index in [1.807, 2.05) is 6.07 Å². The fraction of sp³-hybridized carbons (Fsp3) is 0.0769. The maximum absolute atomic E-state index is 12.3. The van der Waals surface area contributed by atoms with Crippen LogP contribution in [0.2, 0.25) is 0 Å². The van der Waals surface area contributed by atoms with Gasteiger partial charge in [0.2, 0.25) is 0 Å². The molecule has 0 aliphatic rings. The second kappa shape index (κ2) is 4.22. The van der Waals surface area contributed by atoms with Crippen LogP contribution < -0.4 is 0 Å². The fourth-order valence-electron chi connectivity index (χ4n) is 1.62. The smallest absolute Gasteiger partial charge is 0.248 e. The number of nitrogens with zero attached hydrogens (tertiary/aromatic N) is 1. The Bertz CT molecular complexity index is 654. The summed E-state index contributed by atoms with van der Waals surface area (Å²) in [4.78, 5) is 0.325. The van der Waals surface area contributed by atoms with Gasteiger partial charge in [-0.05, 0) is 30.2 Å². The monoisotopic (exact) mass is 247 g/mol. The second-order valence-electron chi connectivity index (χ2n) is 3.75. The van der Waals surface area contributed by atoms with Crippen LogP contribution in [0.3, 0.4) is 0 Å². The van der Waals surface area contributed by atoms with Crippen LogP contribution in [0.1, 0.15) is 11.1 Å². The van der Waals surface area contributed by atoms with Crippen LogP contribution in [0.5, 0.6) is 0 Å². The number of hydrogen-bond acceptors (Lipinski definition) is 2. The minimum atomic E-state index is -3.49. The molecule has 0 bridgehead atoms. The van der Waals surface area contributed by atoms with Crippen LogP contribution in [0.25, 0.3) is 6.08 Å². The Morgan fingerprint density at radius 3 is 2.53 bits per heavy atom. The third-order valence-electron chi connectivity index (χ3n) is 2.57. The summed E-state index contributed by atoms with van der Waals surface area (Å²) in [7, 11) is -3.49. The molecule has 1 aromatic heterocycles. The van der Waals surface area contributed by atoms with Crippen LogP contribution in [-0.4, -0.2) is 12.4 Å². The topological polar surface area (TPSA) is 39.1 Å². The van der Waals surface area contributed by atoms with Gasteiger partial charge in [0.15, 0.2) is 0 Å². The van der Waals surface area contributed by atoms with Crippen molar-refractivity contribution < 1.29 is 8.42 Å². The van der Waals surface area contributed by atoms with Crippen molar-refractivity contribution in [2.45, 2.75) is 11.8 Å². The SMILES string of the molecule is C=Cc1ccn(S(=O)(=O)c2ccccc2C)c1. The Morgan fingerprint density at radius 1 is 1.24 bits per heavy atom. The molecular formula is C13H13NO2S. The first-order chi connectivity index (χ1) is 8.05. The van der Waals surface area contributed by atoms with Crippen LogP contribution in [0, 0.1) is 6.92 Å². The lowest BCUT2D eigenvalue weighted by Crippen LogP contribution is -2.12. The summed E-state index contributed by atoms with van der Waals surface area (Å²) in [5.41, 5.74) is 1.52. The van der Waals surface area contributed by atoms with E-state index in [1.54, 1.807) is 43.5 Å². The summed E-state index contributed by atoms with van der Waals surface area (Å²) < 4.78 is 25.8. The molecule has 88 valence electrons. The second-order valence-corrected chi connectivity index (χ2v) is 5.56. The average Bonchev–Trinajstić information content (AvgIpc) is 2.78. The number of aromatic nitrogens is 1. The van der Waals surface area contributed by atoms with Gasteiger partial charge in [0.25, 0.3) is 10.0 Å². The third-order valence-corrected chi connectivity index (χ3v) is 4.37. The Labute approximate surface area is 101 Å². The summed E-state index contributed by atoms with van der Waals surface area (Å²) in [5.74, 6) is 0. The molecule has 0 spiro atoms. The molecule has 0 aliphatic carbocycles. The molecule has 0 atom stereocenters. The van der Waals surface area contributed by atoms with E-state index >= 15 is 0 Å². The zero-order valence-corrected chi connectivity index (χ0v) is 10.3. The van der Waals surface area contributed by atoms with E-state index in [-0.39, 0.29) is 0 Å². The largest absolute Gasteiger partial charge is 0.267 e. The van der Waals surface area contributed by atoms with Crippen molar-refractivity contribution in [2.75, 3.05) is 0 Å². The highest BCUT2D eigenvalue weighted by Crippen LogP contribution is 2.18. The molecule has 17 heavy (non-hydrogen) atoms. The number of aryl methyl sites for hydroxylation is 1. The van der Waals surface area contributed by atoms with Gasteiger partial charge in [-0.1, -0.05) is 30.9 Å². The van der Waals surface area contributed by atoms with Crippen LogP contribution in [0.15, 0.2) is 54.2 Å². The zero-order chi connectivity index (χ0) is 12.5. The summed E-state index contributed by atoms with van der Waals surface area (Å²) in [6, 6.07) is 8.64. The van der Waals surface area contributed by atoms with Gasteiger partial charge in [-0.2, -0.15) is 0 Å². The van der Waals surface area contributed by atoms with E-state index in [4.69, 9.17) is 0 Å². The molecule has 0 N–H and O–H groups in total. The first kappa shape index (κ1) is 11.7. The van der Waals surface area contributed by atoms with E-state index in [0.717, 1.165) is 11.1 Å². The normalized spacial score (nSPS) is 11.4. The molecule has 1 heterocycles. The predicted molar refractivity (Wildman–Crippen MR) is 68.3 cm³/mol. The van der Waals surface area contributed by atoms with Gasteiger partial charge in [-0.15, -0.1) is 0 Å². The van der Waals surface area contributed by atoms with Crippen molar-refractivity contribution in [3.8, 4) is 0 Å². The quantitative estimate of drug-likeness (QED) is 0.836. The van der Waals surface area contributed by atoms with Gasteiger partial charge < -0.3 is 0 Å². The lowest BCUT2D eigenvalue weighted by atomic mass is 10.2. The molecule has 0 saturated heterocycles. The summed E-state index contributed by atoms with van der Waals surface area (Å²) in [5, 5.41) is 0. The number of benzene rings is 1. The van der Waals surface area contributed by atoms with E-state index in [1.165, 1.54) is 10.2 Å². The van der Waals surface area contributed by atoms with E-state index in [2.05, 4.69) is 6.58 Å². The van der Waals surface area contributed by atoms with Crippen molar-refractivity contribution in [3.05, 3.63) is 60.4 Å². The van der Waals surface area contributed by atoms with Crippen molar-refractivity contribution in [2.24, 2.45) is 0 Å². The maximum Gasteiger partial charge on any atom is 0.267 e. The van der Waals surface area contributed by atoms with E-state index in [9.17, 15) is 8.42 Å². The molecule has 0 saturated carbocycles. The third kappa shape index (κ3) is 2.03. The summed E-state index contributed by atoms with van der Waals surface area (Å²) >= 11 is 0. The molecule has 0 radical (unpaired) electrons. The van der Waals surface area contributed by atoms with Crippen LogP contribution >= 0.6 is 0 Å². The molecule has 2 rings (SSSR count). The lowest BCUT2D eigenvalue weighted by Gasteiger charge is -2.07. The lowest BCUT2D eigenvalue weighted by molar-refractivity contribution is 0.587.